The van der Waals surface area contributed by atoms with Gasteiger partial charge in [0, 0.05) is 9.75 Å². The SMILES string of the molecule is CCCOC(=O)Cc1ccc(C)s1. The summed E-state index contributed by atoms with van der Waals surface area (Å²) in [6.07, 6.45) is 1.30. The fourth-order valence-corrected chi connectivity index (χ4v) is 1.87. The van der Waals surface area contributed by atoms with Crippen molar-refractivity contribution >= 4 is 17.3 Å². The molecule has 0 aliphatic heterocycles. The molecule has 0 radical (unpaired) electrons. The van der Waals surface area contributed by atoms with E-state index in [4.69, 9.17) is 4.74 Å². The lowest BCUT2D eigenvalue weighted by Crippen LogP contribution is -2.07. The summed E-state index contributed by atoms with van der Waals surface area (Å²) in [5.74, 6) is -0.122. The number of hydrogen-bond acceptors (Lipinski definition) is 3. The van der Waals surface area contributed by atoms with E-state index in [1.54, 1.807) is 11.3 Å². The van der Waals surface area contributed by atoms with E-state index in [-0.39, 0.29) is 5.97 Å². The number of esters is 1. The van der Waals surface area contributed by atoms with E-state index in [1.807, 2.05) is 26.0 Å². The van der Waals surface area contributed by atoms with Crippen LogP contribution in [0.2, 0.25) is 0 Å². The number of carbonyl (C=O) groups excluding carboxylic acids is 1. The van der Waals surface area contributed by atoms with Crippen LogP contribution in [0.1, 0.15) is 23.1 Å². The molecular weight excluding hydrogens is 184 g/mol. The van der Waals surface area contributed by atoms with Crippen LogP contribution in [0.25, 0.3) is 0 Å². The number of rotatable bonds is 4. The van der Waals surface area contributed by atoms with E-state index >= 15 is 0 Å². The molecular formula is C10H14O2S. The molecule has 2 nitrogen and oxygen atoms in total. The summed E-state index contributed by atoms with van der Waals surface area (Å²) < 4.78 is 4.97. The predicted octanol–water partition coefficient (Wildman–Crippen LogP) is 2.55. The Bertz CT molecular complexity index is 278. The molecule has 0 atom stereocenters. The van der Waals surface area contributed by atoms with Crippen LogP contribution in [0.5, 0.6) is 0 Å². The van der Waals surface area contributed by atoms with E-state index in [1.165, 1.54) is 4.88 Å². The highest BCUT2D eigenvalue weighted by Crippen LogP contribution is 2.15. The van der Waals surface area contributed by atoms with Crippen LogP contribution in [0, 0.1) is 6.92 Å². The van der Waals surface area contributed by atoms with Crippen LogP contribution < -0.4 is 0 Å². The van der Waals surface area contributed by atoms with Crippen molar-refractivity contribution in [1.82, 2.24) is 0 Å². The summed E-state index contributed by atoms with van der Waals surface area (Å²) >= 11 is 1.65. The zero-order chi connectivity index (χ0) is 9.68. The first-order valence-corrected chi connectivity index (χ1v) is 5.25. The number of aryl methyl sites for hydroxylation is 1. The molecule has 0 saturated heterocycles. The molecule has 0 aliphatic rings. The lowest BCUT2D eigenvalue weighted by molar-refractivity contribution is -0.142. The normalized spacial score (nSPS) is 10.0. The van der Waals surface area contributed by atoms with Crippen molar-refractivity contribution in [3.63, 3.8) is 0 Å². The molecule has 0 unspecified atom stereocenters. The molecule has 1 aromatic rings. The highest BCUT2D eigenvalue weighted by Gasteiger charge is 2.05. The molecule has 3 heteroatoms. The zero-order valence-corrected chi connectivity index (χ0v) is 8.82. The fraction of sp³-hybridized carbons (Fsp3) is 0.500. The Morgan fingerprint density at radius 3 is 2.85 bits per heavy atom. The van der Waals surface area contributed by atoms with Gasteiger partial charge in [0.15, 0.2) is 0 Å². The summed E-state index contributed by atoms with van der Waals surface area (Å²) in [7, 11) is 0. The van der Waals surface area contributed by atoms with Crippen LogP contribution in [-0.2, 0) is 16.0 Å². The first-order chi connectivity index (χ1) is 6.22. The van der Waals surface area contributed by atoms with Gasteiger partial charge in [-0.3, -0.25) is 4.79 Å². The second kappa shape index (κ2) is 5.02. The lowest BCUT2D eigenvalue weighted by atomic mass is 10.3. The summed E-state index contributed by atoms with van der Waals surface area (Å²) in [4.78, 5) is 13.5. The predicted molar refractivity (Wildman–Crippen MR) is 54.0 cm³/mol. The van der Waals surface area contributed by atoms with Gasteiger partial charge in [-0.15, -0.1) is 11.3 Å². The van der Waals surface area contributed by atoms with Crippen molar-refractivity contribution in [1.29, 1.82) is 0 Å². The number of ether oxygens (including phenoxy) is 1. The zero-order valence-electron chi connectivity index (χ0n) is 8.00. The fourth-order valence-electron chi connectivity index (χ4n) is 0.989. The van der Waals surface area contributed by atoms with E-state index < -0.39 is 0 Å². The molecule has 0 N–H and O–H groups in total. The third-order valence-electron chi connectivity index (χ3n) is 1.58. The second-order valence-corrected chi connectivity index (χ2v) is 4.28. The molecule has 0 fully saturated rings. The molecule has 0 saturated carbocycles. The van der Waals surface area contributed by atoms with Gasteiger partial charge in [-0.25, -0.2) is 0 Å². The number of hydrogen-bond donors (Lipinski definition) is 0. The Hall–Kier alpha value is -0.830. The van der Waals surface area contributed by atoms with Crippen LogP contribution in [0.3, 0.4) is 0 Å². The van der Waals surface area contributed by atoms with Gasteiger partial charge in [-0.05, 0) is 25.5 Å². The Morgan fingerprint density at radius 2 is 2.31 bits per heavy atom. The van der Waals surface area contributed by atoms with Gasteiger partial charge in [0.25, 0.3) is 0 Å². The minimum atomic E-state index is -0.122. The first-order valence-electron chi connectivity index (χ1n) is 4.43. The molecule has 1 rings (SSSR count). The van der Waals surface area contributed by atoms with E-state index in [0.717, 1.165) is 11.3 Å². The van der Waals surface area contributed by atoms with Crippen LogP contribution in [0.15, 0.2) is 12.1 Å². The van der Waals surface area contributed by atoms with Gasteiger partial charge in [-0.2, -0.15) is 0 Å². The van der Waals surface area contributed by atoms with Gasteiger partial charge in [0.2, 0.25) is 0 Å². The molecule has 13 heavy (non-hydrogen) atoms. The average Bonchev–Trinajstić information content (AvgIpc) is 2.48. The highest BCUT2D eigenvalue weighted by atomic mass is 32.1. The summed E-state index contributed by atoms with van der Waals surface area (Å²) in [5.41, 5.74) is 0. The van der Waals surface area contributed by atoms with Crippen molar-refractivity contribution in [3.05, 3.63) is 21.9 Å². The van der Waals surface area contributed by atoms with Gasteiger partial charge in [-0.1, -0.05) is 6.92 Å². The third-order valence-corrected chi connectivity index (χ3v) is 2.58. The minimum absolute atomic E-state index is 0.122. The van der Waals surface area contributed by atoms with Gasteiger partial charge in [0.05, 0.1) is 13.0 Å². The largest absolute Gasteiger partial charge is 0.465 e. The van der Waals surface area contributed by atoms with Gasteiger partial charge < -0.3 is 4.74 Å². The van der Waals surface area contributed by atoms with E-state index in [0.29, 0.717) is 13.0 Å². The van der Waals surface area contributed by atoms with Crippen molar-refractivity contribution in [2.75, 3.05) is 6.61 Å². The molecule has 0 aromatic carbocycles. The van der Waals surface area contributed by atoms with Crippen molar-refractivity contribution in [2.24, 2.45) is 0 Å². The summed E-state index contributed by atoms with van der Waals surface area (Å²) in [6.45, 7) is 4.55. The van der Waals surface area contributed by atoms with Crippen LogP contribution in [-0.4, -0.2) is 12.6 Å². The Kier molecular flexibility index (Phi) is 3.96. The van der Waals surface area contributed by atoms with Gasteiger partial charge >= 0.3 is 5.97 Å². The Morgan fingerprint density at radius 1 is 1.54 bits per heavy atom. The Labute approximate surface area is 82.5 Å². The molecule has 0 spiro atoms. The van der Waals surface area contributed by atoms with Crippen molar-refractivity contribution in [3.8, 4) is 0 Å². The Balaban J connectivity index is 2.36. The minimum Gasteiger partial charge on any atom is -0.465 e. The average molecular weight is 198 g/mol. The van der Waals surface area contributed by atoms with Crippen LogP contribution >= 0.6 is 11.3 Å². The first kappa shape index (κ1) is 10.3. The van der Waals surface area contributed by atoms with Crippen molar-refractivity contribution in [2.45, 2.75) is 26.7 Å². The van der Waals surface area contributed by atoms with Gasteiger partial charge in [0.1, 0.15) is 0 Å². The highest BCUT2D eigenvalue weighted by molar-refractivity contribution is 7.12. The maximum absolute atomic E-state index is 11.2. The number of thiophene rings is 1. The molecule has 0 amide bonds. The number of carbonyl (C=O) groups is 1. The smallest absolute Gasteiger partial charge is 0.311 e. The monoisotopic (exact) mass is 198 g/mol. The van der Waals surface area contributed by atoms with E-state index in [9.17, 15) is 4.79 Å². The maximum atomic E-state index is 11.2. The molecule has 0 bridgehead atoms. The second-order valence-electron chi connectivity index (χ2n) is 2.91. The quantitative estimate of drug-likeness (QED) is 0.695. The maximum Gasteiger partial charge on any atom is 0.311 e. The molecule has 1 heterocycles. The standard InChI is InChI=1S/C10H14O2S/c1-3-6-12-10(11)7-9-5-4-8(2)13-9/h4-5H,3,6-7H2,1-2H3. The van der Waals surface area contributed by atoms with Crippen molar-refractivity contribution < 1.29 is 9.53 Å². The molecule has 0 aliphatic carbocycles. The lowest BCUT2D eigenvalue weighted by Gasteiger charge is -2.00. The summed E-state index contributed by atoms with van der Waals surface area (Å²) in [6, 6.07) is 4.00. The topological polar surface area (TPSA) is 26.3 Å². The van der Waals surface area contributed by atoms with E-state index in [2.05, 4.69) is 0 Å². The third kappa shape index (κ3) is 3.59. The van der Waals surface area contributed by atoms with Crippen LogP contribution in [0.4, 0.5) is 0 Å². The molecule has 1 aromatic heterocycles. The summed E-state index contributed by atoms with van der Waals surface area (Å²) in [5, 5.41) is 0. The molecule has 72 valence electrons.